The van der Waals surface area contributed by atoms with Gasteiger partial charge in [0, 0.05) is 52.5 Å². The van der Waals surface area contributed by atoms with E-state index in [2.05, 4.69) is 77.9 Å². The number of hydrogen-bond donors (Lipinski definition) is 3. The lowest BCUT2D eigenvalue weighted by Gasteiger charge is -2.18. The maximum atomic E-state index is 13.2. The van der Waals surface area contributed by atoms with E-state index >= 15 is 0 Å². The molecule has 0 unspecified atom stereocenters. The highest BCUT2D eigenvalue weighted by Gasteiger charge is 2.31. The minimum Gasteiger partial charge on any atom is -0.359 e. The van der Waals surface area contributed by atoms with E-state index < -0.39 is 27.7 Å². The first-order valence-corrected chi connectivity index (χ1v) is 28.1. The zero-order chi connectivity index (χ0) is 43.4. The third-order valence-corrected chi connectivity index (χ3v) is 16.9. The molecule has 17 nitrogen and oxygen atoms in total. The second-order valence-corrected chi connectivity index (χ2v) is 27.3. The largest absolute Gasteiger partial charge is 0.359 e. The first kappa shape index (κ1) is 42.1. The number of ether oxygens (including phenoxy) is 1. The van der Waals surface area contributed by atoms with E-state index in [9.17, 15) is 16.8 Å². The van der Waals surface area contributed by atoms with Crippen molar-refractivity contribution in [2.45, 2.75) is 130 Å². The highest BCUT2D eigenvalue weighted by Crippen LogP contribution is 2.41. The molecule has 62 heavy (non-hydrogen) atoms. The topological polar surface area (TPSA) is 209 Å². The lowest BCUT2D eigenvalue weighted by atomic mass is 9.99. The summed E-state index contributed by atoms with van der Waals surface area (Å²) in [7, 11) is -5.57. The van der Waals surface area contributed by atoms with Crippen molar-refractivity contribution in [3.63, 3.8) is 0 Å². The molecule has 4 aliphatic rings. The third kappa shape index (κ3) is 8.36. The van der Waals surface area contributed by atoms with Crippen LogP contribution in [0.15, 0.2) is 57.0 Å². The summed E-state index contributed by atoms with van der Waals surface area (Å²) in [5.41, 5.74) is 13.1. The van der Waals surface area contributed by atoms with Crippen molar-refractivity contribution in [2.24, 2.45) is 14.1 Å². The number of nitrogens with one attached hydrogen (secondary N) is 3. The number of aromatic nitrogens is 10. The van der Waals surface area contributed by atoms with Crippen molar-refractivity contribution in [3.05, 3.63) is 81.4 Å². The van der Waals surface area contributed by atoms with Crippen LogP contribution in [0.25, 0.3) is 0 Å². The van der Waals surface area contributed by atoms with Crippen LogP contribution < -0.4 is 10.6 Å². The molecule has 0 aliphatic heterocycles. The summed E-state index contributed by atoms with van der Waals surface area (Å²) in [4.78, 5) is 8.86. The van der Waals surface area contributed by atoms with Crippen LogP contribution in [0, 0.1) is 0 Å². The molecule has 0 atom stereocenters. The van der Waals surface area contributed by atoms with Gasteiger partial charge in [-0.15, -0.1) is 10.2 Å². The van der Waals surface area contributed by atoms with Crippen LogP contribution in [0.5, 0.6) is 0 Å². The number of hydrogen-bond acceptors (Lipinski definition) is 13. The standard InChI is InChI=1S/C24H34N6O3SSi.C18H20N6O2S/c1-29-15-19(14-25-29)34(31,32)24-27-23(30(28-24)16-33-11-12-35(2,3)4)26-22-20-9-5-7-17(20)13-18-8-6-10-21(18)22;1-24-10-13(9-19-24)27(25,26)18-21-17(22-23-18)20-16-14-6-2-4-11(14)8-12-5-3-7-15(12)16/h13-15H,5-12,16H2,1-4H3,(H,26,27,28);8-10H,2-7H2,1H3,(H2,20,21,22,23). The monoisotopic (exact) mass is 898 g/mol. The van der Waals surface area contributed by atoms with Crippen molar-refractivity contribution in [1.29, 1.82) is 0 Å². The molecule has 0 radical (unpaired) electrons. The van der Waals surface area contributed by atoms with Gasteiger partial charge in [-0.3, -0.25) is 9.36 Å². The fourth-order valence-electron chi connectivity index (χ4n) is 9.02. The molecule has 0 bridgehead atoms. The Bertz CT molecular complexity index is 2830. The van der Waals surface area contributed by atoms with E-state index in [4.69, 9.17) is 4.74 Å². The fraction of sp³-hybridized carbons (Fsp3) is 0.476. The summed E-state index contributed by atoms with van der Waals surface area (Å²) in [6.45, 7) is 7.64. The molecule has 10 rings (SSSR count). The number of H-pyrrole nitrogens is 1. The van der Waals surface area contributed by atoms with Gasteiger partial charge in [0.25, 0.3) is 5.16 Å². The summed E-state index contributed by atoms with van der Waals surface area (Å²) >= 11 is 0. The van der Waals surface area contributed by atoms with Gasteiger partial charge in [0.05, 0.1) is 12.4 Å². The van der Waals surface area contributed by atoms with Crippen molar-refractivity contribution in [2.75, 3.05) is 17.2 Å². The summed E-state index contributed by atoms with van der Waals surface area (Å²) < 4.78 is 62.2. The lowest BCUT2D eigenvalue weighted by molar-refractivity contribution is 0.0792. The van der Waals surface area contributed by atoms with Crippen LogP contribution in [-0.2, 0) is 96.6 Å². The number of fused-ring (bicyclic) bond motifs is 4. The van der Waals surface area contributed by atoms with E-state index in [1.165, 1.54) is 78.7 Å². The molecule has 0 spiro atoms. The molecule has 3 N–H and O–H groups in total. The van der Waals surface area contributed by atoms with Crippen molar-refractivity contribution >= 4 is 51.0 Å². The first-order valence-electron chi connectivity index (χ1n) is 21.4. The normalized spacial score (nSPS) is 15.6. The SMILES string of the molecule is Cn1cc(S(=O)(=O)c2nc(Nc3c4c(cc5c3CCC5)CCC4)n(COCC[Si](C)(C)C)n2)cn1.Cn1cc(S(=O)(=O)c2nc(Nc3c4c(cc5c3CCC5)CCC4)n[nH]2)cn1. The van der Waals surface area contributed by atoms with Crippen molar-refractivity contribution in [1.82, 2.24) is 49.5 Å². The minimum absolute atomic E-state index is 0.0739. The highest BCUT2D eigenvalue weighted by atomic mass is 32.2. The van der Waals surface area contributed by atoms with Gasteiger partial charge in [0.2, 0.25) is 36.7 Å². The van der Waals surface area contributed by atoms with Crippen molar-refractivity contribution < 1.29 is 21.6 Å². The van der Waals surface area contributed by atoms with Gasteiger partial charge in [-0.05, 0) is 128 Å². The predicted molar refractivity (Wildman–Crippen MR) is 235 cm³/mol. The average molecular weight is 899 g/mol. The zero-order valence-corrected chi connectivity index (χ0v) is 38.6. The van der Waals surface area contributed by atoms with Crippen LogP contribution in [0.2, 0.25) is 25.7 Å². The Morgan fingerprint density at radius 2 is 1.19 bits per heavy atom. The van der Waals surface area contributed by atoms with E-state index in [1.54, 1.807) is 18.8 Å². The van der Waals surface area contributed by atoms with E-state index in [0.717, 1.165) is 94.5 Å². The fourth-order valence-corrected chi connectivity index (χ4v) is 12.0. The maximum Gasteiger partial charge on any atom is 0.273 e. The molecule has 328 valence electrons. The van der Waals surface area contributed by atoms with E-state index in [-0.39, 0.29) is 32.8 Å². The number of nitrogens with zero attached hydrogens (tertiary/aromatic N) is 9. The number of anilines is 4. The summed E-state index contributed by atoms with van der Waals surface area (Å²) in [6.07, 6.45) is 18.6. The second-order valence-electron chi connectivity index (χ2n) is 18.0. The average Bonchev–Trinajstić information content (AvgIpc) is 4.07. The van der Waals surface area contributed by atoms with Crippen LogP contribution >= 0.6 is 0 Å². The summed E-state index contributed by atoms with van der Waals surface area (Å²) in [6, 6.07) is 5.75. The maximum absolute atomic E-state index is 13.2. The van der Waals surface area contributed by atoms with Gasteiger partial charge < -0.3 is 15.4 Å². The van der Waals surface area contributed by atoms with Gasteiger partial charge >= 0.3 is 0 Å². The Labute approximate surface area is 363 Å². The molecule has 0 saturated carbocycles. The van der Waals surface area contributed by atoms with E-state index in [1.807, 2.05) is 0 Å². The number of aryl methyl sites for hydroxylation is 6. The van der Waals surface area contributed by atoms with Gasteiger partial charge in [-0.25, -0.2) is 26.6 Å². The molecule has 4 heterocycles. The molecule has 0 saturated heterocycles. The lowest BCUT2D eigenvalue weighted by Crippen LogP contribution is -2.22. The van der Waals surface area contributed by atoms with Gasteiger partial charge in [0.15, 0.2) is 0 Å². The van der Waals surface area contributed by atoms with Gasteiger partial charge in [-0.1, -0.05) is 31.8 Å². The van der Waals surface area contributed by atoms with Gasteiger partial charge in [0.1, 0.15) is 16.5 Å². The number of rotatable bonds is 13. The zero-order valence-electron chi connectivity index (χ0n) is 36.0. The molecular formula is C42H54N12O5S2Si. The van der Waals surface area contributed by atoms with Crippen LogP contribution in [0.3, 0.4) is 0 Å². The third-order valence-electron chi connectivity index (χ3n) is 12.2. The van der Waals surface area contributed by atoms with Crippen LogP contribution in [0.1, 0.15) is 70.2 Å². The minimum atomic E-state index is -3.90. The second kappa shape index (κ2) is 16.5. The molecule has 4 aromatic heterocycles. The smallest absolute Gasteiger partial charge is 0.273 e. The van der Waals surface area contributed by atoms with Crippen LogP contribution in [-0.4, -0.2) is 81.0 Å². The molecule has 6 aromatic rings. The Morgan fingerprint density at radius 1 is 0.694 bits per heavy atom. The number of sulfone groups is 2. The molecular weight excluding hydrogens is 845 g/mol. The van der Waals surface area contributed by atoms with E-state index in [0.29, 0.717) is 12.6 Å². The quantitative estimate of drug-likeness (QED) is 0.0903. The van der Waals surface area contributed by atoms with Gasteiger partial charge in [-0.2, -0.15) is 20.2 Å². The Hall–Kier alpha value is -5.18. The number of benzene rings is 2. The predicted octanol–water partition coefficient (Wildman–Crippen LogP) is 5.97. The van der Waals surface area contributed by atoms with Crippen LogP contribution in [0.4, 0.5) is 23.3 Å². The summed E-state index contributed by atoms with van der Waals surface area (Å²) in [5, 5.41) is 25.4. The Morgan fingerprint density at radius 3 is 1.68 bits per heavy atom. The first-order chi connectivity index (χ1) is 29.6. The molecule has 2 aromatic carbocycles. The molecule has 0 amide bonds. The Kier molecular flexibility index (Phi) is 11.2. The number of aromatic amines is 1. The molecule has 0 fully saturated rings. The van der Waals surface area contributed by atoms with Crippen molar-refractivity contribution in [3.8, 4) is 0 Å². The highest BCUT2D eigenvalue weighted by molar-refractivity contribution is 7.91. The molecule has 20 heteroatoms. The Balaban J connectivity index is 0.000000163. The summed E-state index contributed by atoms with van der Waals surface area (Å²) in [5.74, 6) is 0.682. The molecule has 4 aliphatic carbocycles.